The molecule has 0 aromatic heterocycles. The van der Waals surface area contributed by atoms with E-state index in [4.69, 9.17) is 0 Å². The highest BCUT2D eigenvalue weighted by Crippen LogP contribution is 2.23. The third-order valence-electron chi connectivity index (χ3n) is 3.36. The van der Waals surface area contributed by atoms with Crippen molar-refractivity contribution in [3.05, 3.63) is 69.7 Å². The standard InChI is InChI=1S/C17H18BrNO3S/c1-12(15-5-3-4-6-16(15)18)19-17(20)14-9-7-13(8-10-14)11-23(2,21)22/h3-10,12H,11H2,1-2H3,(H,19,20)/t12-/m1/s1. The molecule has 0 heterocycles. The zero-order valence-corrected chi connectivity index (χ0v) is 15.3. The van der Waals surface area contributed by atoms with Crippen molar-refractivity contribution in [2.75, 3.05) is 6.26 Å². The summed E-state index contributed by atoms with van der Waals surface area (Å²) in [5.74, 6) is -0.221. The Balaban J connectivity index is 2.08. The van der Waals surface area contributed by atoms with Gasteiger partial charge in [0.1, 0.15) is 0 Å². The van der Waals surface area contributed by atoms with Crippen molar-refractivity contribution >= 4 is 31.7 Å². The zero-order valence-electron chi connectivity index (χ0n) is 12.9. The summed E-state index contributed by atoms with van der Waals surface area (Å²) in [6.45, 7) is 1.91. The first-order valence-corrected chi connectivity index (χ1v) is 9.93. The molecule has 0 saturated carbocycles. The fraction of sp³-hybridized carbons (Fsp3) is 0.235. The number of rotatable bonds is 5. The maximum atomic E-state index is 12.3. The van der Waals surface area contributed by atoms with Crippen LogP contribution in [0.15, 0.2) is 53.0 Å². The molecule has 0 aliphatic heterocycles. The van der Waals surface area contributed by atoms with Crippen LogP contribution in [0.4, 0.5) is 0 Å². The van der Waals surface area contributed by atoms with E-state index in [0.29, 0.717) is 11.1 Å². The highest BCUT2D eigenvalue weighted by molar-refractivity contribution is 9.10. The lowest BCUT2D eigenvalue weighted by molar-refractivity contribution is 0.0940. The Labute approximate surface area is 145 Å². The van der Waals surface area contributed by atoms with Gasteiger partial charge in [-0.1, -0.05) is 46.3 Å². The molecule has 1 N–H and O–H groups in total. The van der Waals surface area contributed by atoms with Crippen molar-refractivity contribution < 1.29 is 13.2 Å². The van der Waals surface area contributed by atoms with Crippen LogP contribution >= 0.6 is 15.9 Å². The number of nitrogens with one attached hydrogen (secondary N) is 1. The third kappa shape index (κ3) is 5.18. The molecule has 1 atom stereocenters. The number of benzene rings is 2. The van der Waals surface area contributed by atoms with E-state index in [0.717, 1.165) is 10.0 Å². The maximum Gasteiger partial charge on any atom is 0.251 e. The lowest BCUT2D eigenvalue weighted by atomic mass is 10.1. The lowest BCUT2D eigenvalue weighted by Crippen LogP contribution is -2.26. The minimum atomic E-state index is -3.08. The molecule has 0 spiro atoms. The number of sulfone groups is 1. The Morgan fingerprint density at radius 3 is 2.30 bits per heavy atom. The molecule has 2 aromatic carbocycles. The van der Waals surface area contributed by atoms with Crippen molar-refractivity contribution in [1.29, 1.82) is 0 Å². The molecule has 4 nitrogen and oxygen atoms in total. The summed E-state index contributed by atoms with van der Waals surface area (Å²) >= 11 is 3.47. The molecule has 0 aliphatic carbocycles. The third-order valence-corrected chi connectivity index (χ3v) is 4.94. The van der Waals surface area contributed by atoms with Crippen LogP contribution in [0.1, 0.15) is 34.5 Å². The van der Waals surface area contributed by atoms with Gasteiger partial charge in [0.05, 0.1) is 11.8 Å². The van der Waals surface area contributed by atoms with Gasteiger partial charge in [0, 0.05) is 16.3 Å². The number of carbonyl (C=O) groups is 1. The molecule has 23 heavy (non-hydrogen) atoms. The van der Waals surface area contributed by atoms with Gasteiger partial charge < -0.3 is 5.32 Å². The minimum absolute atomic E-state index is 0.0255. The largest absolute Gasteiger partial charge is 0.345 e. The average molecular weight is 396 g/mol. The monoisotopic (exact) mass is 395 g/mol. The van der Waals surface area contributed by atoms with E-state index in [9.17, 15) is 13.2 Å². The van der Waals surface area contributed by atoms with Gasteiger partial charge in [-0.2, -0.15) is 0 Å². The number of amides is 1. The van der Waals surface area contributed by atoms with Gasteiger partial charge in [-0.15, -0.1) is 0 Å². The molecular weight excluding hydrogens is 378 g/mol. The molecule has 2 rings (SSSR count). The molecule has 6 heteroatoms. The summed E-state index contributed by atoms with van der Waals surface area (Å²) < 4.78 is 23.5. The highest BCUT2D eigenvalue weighted by Gasteiger charge is 2.13. The molecule has 0 fully saturated rings. The van der Waals surface area contributed by atoms with Crippen LogP contribution in [-0.2, 0) is 15.6 Å². The second-order valence-electron chi connectivity index (χ2n) is 5.48. The molecule has 1 amide bonds. The van der Waals surface area contributed by atoms with E-state index in [1.165, 1.54) is 6.26 Å². The first kappa shape index (κ1) is 17.7. The zero-order chi connectivity index (χ0) is 17.0. The SMILES string of the molecule is C[C@@H](NC(=O)c1ccc(CS(C)(=O)=O)cc1)c1ccccc1Br. The van der Waals surface area contributed by atoms with E-state index in [-0.39, 0.29) is 17.7 Å². The Kier molecular flexibility index (Phi) is 5.59. The smallest absolute Gasteiger partial charge is 0.251 e. The van der Waals surface area contributed by atoms with Gasteiger partial charge in [0.2, 0.25) is 0 Å². The summed E-state index contributed by atoms with van der Waals surface area (Å²) in [7, 11) is -3.08. The lowest BCUT2D eigenvalue weighted by Gasteiger charge is -2.16. The van der Waals surface area contributed by atoms with Gasteiger partial charge >= 0.3 is 0 Å². The van der Waals surface area contributed by atoms with Crippen LogP contribution in [0.5, 0.6) is 0 Å². The van der Waals surface area contributed by atoms with Crippen molar-refractivity contribution in [1.82, 2.24) is 5.32 Å². The molecule has 122 valence electrons. The van der Waals surface area contributed by atoms with Crippen LogP contribution in [0.25, 0.3) is 0 Å². The van der Waals surface area contributed by atoms with Crippen molar-refractivity contribution in [2.45, 2.75) is 18.7 Å². The van der Waals surface area contributed by atoms with Crippen LogP contribution < -0.4 is 5.32 Å². The Hall–Kier alpha value is -1.66. The van der Waals surface area contributed by atoms with Gasteiger partial charge in [0.15, 0.2) is 9.84 Å². The topological polar surface area (TPSA) is 63.2 Å². The van der Waals surface area contributed by atoms with Crippen LogP contribution in [0, 0.1) is 0 Å². The Morgan fingerprint density at radius 1 is 1.13 bits per heavy atom. The Bertz CT molecular complexity index is 801. The number of halogens is 1. The summed E-state index contributed by atoms with van der Waals surface area (Å²) in [4.78, 5) is 12.3. The van der Waals surface area contributed by atoms with Gasteiger partial charge in [-0.05, 0) is 36.2 Å². The minimum Gasteiger partial charge on any atom is -0.345 e. The van der Waals surface area contributed by atoms with Crippen molar-refractivity contribution in [3.8, 4) is 0 Å². The second-order valence-corrected chi connectivity index (χ2v) is 8.48. The number of hydrogen-bond acceptors (Lipinski definition) is 3. The van der Waals surface area contributed by atoms with Crippen LogP contribution in [-0.4, -0.2) is 20.6 Å². The van der Waals surface area contributed by atoms with E-state index in [1.54, 1.807) is 24.3 Å². The molecular formula is C17H18BrNO3S. The average Bonchev–Trinajstić information content (AvgIpc) is 2.46. The molecule has 0 unspecified atom stereocenters. The molecule has 0 bridgehead atoms. The normalized spacial score (nSPS) is 12.7. The summed E-state index contributed by atoms with van der Waals surface area (Å²) in [6, 6.07) is 14.2. The predicted octanol–water partition coefficient (Wildman–Crippen LogP) is 3.48. The maximum absolute atomic E-state index is 12.3. The van der Waals surface area contributed by atoms with Crippen molar-refractivity contribution in [2.24, 2.45) is 0 Å². The second kappa shape index (κ2) is 7.27. The van der Waals surface area contributed by atoms with E-state index in [2.05, 4.69) is 21.2 Å². The van der Waals surface area contributed by atoms with Gasteiger partial charge in [-0.3, -0.25) is 4.79 Å². The summed E-state index contributed by atoms with van der Waals surface area (Å²) in [6.07, 6.45) is 1.19. The number of carbonyl (C=O) groups excluding carboxylic acids is 1. The Morgan fingerprint density at radius 2 is 1.74 bits per heavy atom. The quantitative estimate of drug-likeness (QED) is 0.842. The molecule has 0 aliphatic rings. The first-order valence-electron chi connectivity index (χ1n) is 7.08. The molecule has 2 aromatic rings. The van der Waals surface area contributed by atoms with Gasteiger partial charge in [0.25, 0.3) is 5.91 Å². The molecule has 0 radical (unpaired) electrons. The van der Waals surface area contributed by atoms with E-state index in [1.807, 2.05) is 31.2 Å². The first-order chi connectivity index (χ1) is 10.8. The van der Waals surface area contributed by atoms with Crippen LogP contribution in [0.2, 0.25) is 0 Å². The van der Waals surface area contributed by atoms with E-state index >= 15 is 0 Å². The summed E-state index contributed by atoms with van der Waals surface area (Å²) in [5, 5.41) is 2.93. The fourth-order valence-corrected chi connectivity index (χ4v) is 3.67. The van der Waals surface area contributed by atoms with E-state index < -0.39 is 9.84 Å². The molecule has 0 saturated heterocycles. The number of hydrogen-bond donors (Lipinski definition) is 1. The fourth-order valence-electron chi connectivity index (χ4n) is 2.24. The highest BCUT2D eigenvalue weighted by atomic mass is 79.9. The van der Waals surface area contributed by atoms with Crippen molar-refractivity contribution in [3.63, 3.8) is 0 Å². The van der Waals surface area contributed by atoms with Crippen LogP contribution in [0.3, 0.4) is 0 Å². The van der Waals surface area contributed by atoms with Gasteiger partial charge in [-0.25, -0.2) is 8.42 Å². The predicted molar refractivity (Wildman–Crippen MR) is 95.0 cm³/mol. The summed E-state index contributed by atoms with van der Waals surface area (Å²) in [5.41, 5.74) is 2.17.